The number of nitrogens with two attached hydrogens (primary N) is 1. The molecule has 1 saturated heterocycles. The van der Waals surface area contributed by atoms with Crippen molar-refractivity contribution < 1.29 is 13.9 Å². The van der Waals surface area contributed by atoms with E-state index in [1.165, 1.54) is 12.1 Å². The van der Waals surface area contributed by atoms with Gasteiger partial charge < -0.3 is 15.4 Å². The van der Waals surface area contributed by atoms with Crippen molar-refractivity contribution in [1.29, 1.82) is 0 Å². The summed E-state index contributed by atoms with van der Waals surface area (Å²) in [5.74, 6) is -0.242. The van der Waals surface area contributed by atoms with Gasteiger partial charge in [0.1, 0.15) is 11.9 Å². The molecule has 1 aliphatic carbocycles. The standard InChI is InChI=1S/C16H21FN2O2/c17-12-3-1-2-11(8-12)10-19(13-4-5-13)16(20)15-7-6-14(9-18)21-15/h1-3,8,13-15H,4-7,9-10,18H2/t14-,15+/m1/s1. The third kappa shape index (κ3) is 3.41. The molecular weight excluding hydrogens is 271 g/mol. The quantitative estimate of drug-likeness (QED) is 0.900. The molecule has 2 aliphatic rings. The van der Waals surface area contributed by atoms with Crippen molar-refractivity contribution in [2.45, 2.75) is 50.5 Å². The third-order valence-electron chi connectivity index (χ3n) is 4.16. The van der Waals surface area contributed by atoms with Gasteiger partial charge >= 0.3 is 0 Å². The largest absolute Gasteiger partial charge is 0.364 e. The summed E-state index contributed by atoms with van der Waals surface area (Å²) in [5, 5.41) is 0. The van der Waals surface area contributed by atoms with Gasteiger partial charge in [-0.25, -0.2) is 4.39 Å². The summed E-state index contributed by atoms with van der Waals surface area (Å²) < 4.78 is 19.0. The first-order valence-electron chi connectivity index (χ1n) is 7.58. The zero-order valence-corrected chi connectivity index (χ0v) is 12.0. The minimum Gasteiger partial charge on any atom is -0.364 e. The number of nitrogens with zero attached hydrogens (tertiary/aromatic N) is 1. The van der Waals surface area contributed by atoms with Crippen LogP contribution in [0.4, 0.5) is 4.39 Å². The molecular formula is C16H21FN2O2. The Labute approximate surface area is 124 Å². The summed E-state index contributed by atoms with van der Waals surface area (Å²) in [6.07, 6.45) is 3.22. The summed E-state index contributed by atoms with van der Waals surface area (Å²) in [6, 6.07) is 6.71. The molecule has 4 nitrogen and oxygen atoms in total. The van der Waals surface area contributed by atoms with E-state index in [9.17, 15) is 9.18 Å². The molecule has 1 amide bonds. The molecule has 0 radical (unpaired) electrons. The van der Waals surface area contributed by atoms with Gasteiger partial charge in [-0.3, -0.25) is 4.79 Å². The maximum Gasteiger partial charge on any atom is 0.252 e. The molecule has 1 saturated carbocycles. The smallest absolute Gasteiger partial charge is 0.252 e. The van der Waals surface area contributed by atoms with Crippen molar-refractivity contribution in [3.63, 3.8) is 0 Å². The number of carbonyl (C=O) groups excluding carboxylic acids is 1. The van der Waals surface area contributed by atoms with E-state index >= 15 is 0 Å². The van der Waals surface area contributed by atoms with Crippen LogP contribution < -0.4 is 5.73 Å². The zero-order valence-electron chi connectivity index (χ0n) is 12.0. The molecule has 1 aliphatic heterocycles. The van der Waals surface area contributed by atoms with Crippen molar-refractivity contribution in [2.75, 3.05) is 6.54 Å². The fraction of sp³-hybridized carbons (Fsp3) is 0.562. The number of hydrogen-bond donors (Lipinski definition) is 1. The summed E-state index contributed by atoms with van der Waals surface area (Å²) in [5.41, 5.74) is 6.42. The van der Waals surface area contributed by atoms with E-state index in [1.807, 2.05) is 11.0 Å². The predicted molar refractivity (Wildman–Crippen MR) is 76.9 cm³/mol. The Morgan fingerprint density at radius 1 is 1.33 bits per heavy atom. The van der Waals surface area contributed by atoms with Crippen LogP contribution in [0.25, 0.3) is 0 Å². The van der Waals surface area contributed by atoms with Gasteiger partial charge in [-0.1, -0.05) is 12.1 Å². The molecule has 21 heavy (non-hydrogen) atoms. The molecule has 2 atom stereocenters. The highest BCUT2D eigenvalue weighted by molar-refractivity contribution is 5.81. The molecule has 1 heterocycles. The maximum absolute atomic E-state index is 13.3. The SMILES string of the molecule is NC[C@H]1CC[C@@H](C(=O)N(Cc2cccc(F)c2)C2CC2)O1. The van der Waals surface area contributed by atoms with E-state index in [1.54, 1.807) is 6.07 Å². The summed E-state index contributed by atoms with van der Waals surface area (Å²) >= 11 is 0. The first kappa shape index (κ1) is 14.5. The van der Waals surface area contributed by atoms with Crippen LogP contribution in [-0.2, 0) is 16.1 Å². The van der Waals surface area contributed by atoms with Gasteiger partial charge in [0.2, 0.25) is 0 Å². The maximum atomic E-state index is 13.3. The van der Waals surface area contributed by atoms with Crippen molar-refractivity contribution in [2.24, 2.45) is 5.73 Å². The number of hydrogen-bond acceptors (Lipinski definition) is 3. The molecule has 1 aromatic carbocycles. The summed E-state index contributed by atoms with van der Waals surface area (Å²) in [7, 11) is 0. The average molecular weight is 292 g/mol. The van der Waals surface area contributed by atoms with E-state index in [-0.39, 0.29) is 30.0 Å². The van der Waals surface area contributed by atoms with E-state index < -0.39 is 0 Å². The Hall–Kier alpha value is -1.46. The topological polar surface area (TPSA) is 55.6 Å². The molecule has 5 heteroatoms. The van der Waals surface area contributed by atoms with Crippen molar-refractivity contribution in [1.82, 2.24) is 4.90 Å². The summed E-state index contributed by atoms with van der Waals surface area (Å²) in [6.45, 7) is 0.908. The first-order valence-corrected chi connectivity index (χ1v) is 7.58. The van der Waals surface area contributed by atoms with E-state index in [0.717, 1.165) is 31.2 Å². The third-order valence-corrected chi connectivity index (χ3v) is 4.16. The number of benzene rings is 1. The van der Waals surface area contributed by atoms with Crippen molar-refractivity contribution in [3.8, 4) is 0 Å². The normalized spacial score (nSPS) is 25.0. The van der Waals surface area contributed by atoms with Crippen LogP contribution in [0.3, 0.4) is 0 Å². The van der Waals surface area contributed by atoms with Crippen LogP contribution in [0, 0.1) is 5.82 Å². The number of amides is 1. The van der Waals surface area contributed by atoms with E-state index in [2.05, 4.69) is 0 Å². The fourth-order valence-electron chi connectivity index (χ4n) is 2.85. The van der Waals surface area contributed by atoms with Crippen LogP contribution in [0.5, 0.6) is 0 Å². The second-order valence-corrected chi connectivity index (χ2v) is 5.89. The lowest BCUT2D eigenvalue weighted by molar-refractivity contribution is -0.144. The first-order chi connectivity index (χ1) is 10.2. The Morgan fingerprint density at radius 2 is 2.14 bits per heavy atom. The predicted octanol–water partition coefficient (Wildman–Crippen LogP) is 1.82. The second-order valence-electron chi connectivity index (χ2n) is 5.89. The van der Waals surface area contributed by atoms with E-state index in [0.29, 0.717) is 13.1 Å². The van der Waals surface area contributed by atoms with Gasteiger partial charge in [-0.2, -0.15) is 0 Å². The lowest BCUT2D eigenvalue weighted by atomic mass is 10.1. The van der Waals surface area contributed by atoms with Crippen molar-refractivity contribution in [3.05, 3.63) is 35.6 Å². The van der Waals surface area contributed by atoms with Gasteiger partial charge in [0.15, 0.2) is 0 Å². The van der Waals surface area contributed by atoms with Crippen LogP contribution in [0.2, 0.25) is 0 Å². The monoisotopic (exact) mass is 292 g/mol. The molecule has 1 aromatic rings. The molecule has 3 rings (SSSR count). The van der Waals surface area contributed by atoms with Gasteiger partial charge in [-0.15, -0.1) is 0 Å². The molecule has 2 N–H and O–H groups in total. The van der Waals surface area contributed by atoms with Gasteiger partial charge in [0.05, 0.1) is 6.10 Å². The van der Waals surface area contributed by atoms with Crippen LogP contribution >= 0.6 is 0 Å². The minimum atomic E-state index is -0.382. The van der Waals surface area contributed by atoms with Crippen LogP contribution in [-0.4, -0.2) is 35.6 Å². The number of rotatable bonds is 5. The Kier molecular flexibility index (Phi) is 4.22. The van der Waals surface area contributed by atoms with Crippen LogP contribution in [0.1, 0.15) is 31.2 Å². The Morgan fingerprint density at radius 3 is 2.76 bits per heavy atom. The zero-order chi connectivity index (χ0) is 14.8. The molecule has 0 spiro atoms. The Balaban J connectivity index is 1.68. The lowest BCUT2D eigenvalue weighted by Gasteiger charge is -2.25. The van der Waals surface area contributed by atoms with E-state index in [4.69, 9.17) is 10.5 Å². The molecule has 0 bridgehead atoms. The number of carbonyl (C=O) groups is 1. The van der Waals surface area contributed by atoms with Crippen LogP contribution in [0.15, 0.2) is 24.3 Å². The minimum absolute atomic E-state index is 0.00540. The highest BCUT2D eigenvalue weighted by atomic mass is 19.1. The fourth-order valence-corrected chi connectivity index (χ4v) is 2.85. The molecule has 0 unspecified atom stereocenters. The lowest BCUT2D eigenvalue weighted by Crippen LogP contribution is -2.40. The number of ether oxygens (including phenoxy) is 1. The van der Waals surface area contributed by atoms with Gasteiger partial charge in [0, 0.05) is 19.1 Å². The highest BCUT2D eigenvalue weighted by Gasteiger charge is 2.39. The molecule has 114 valence electrons. The summed E-state index contributed by atoms with van der Waals surface area (Å²) in [4.78, 5) is 14.5. The molecule has 2 fully saturated rings. The van der Waals surface area contributed by atoms with Crippen molar-refractivity contribution >= 4 is 5.91 Å². The number of halogens is 1. The average Bonchev–Trinajstić information content (AvgIpc) is 3.20. The second kappa shape index (κ2) is 6.12. The highest BCUT2D eigenvalue weighted by Crippen LogP contribution is 2.31. The van der Waals surface area contributed by atoms with Gasteiger partial charge in [-0.05, 0) is 43.4 Å². The molecule has 0 aromatic heterocycles. The Bertz CT molecular complexity index is 519. The van der Waals surface area contributed by atoms with Gasteiger partial charge in [0.25, 0.3) is 5.91 Å².